The van der Waals surface area contributed by atoms with Crippen molar-refractivity contribution in [2.45, 2.75) is 25.7 Å². The summed E-state index contributed by atoms with van der Waals surface area (Å²) in [5, 5.41) is 10.8. The number of rotatable bonds is 3. The highest BCUT2D eigenvalue weighted by atomic mass is 15.0. The zero-order valence-electron chi connectivity index (χ0n) is 19.1. The average molecular weight is 440 g/mol. The van der Waals surface area contributed by atoms with Crippen LogP contribution in [0.4, 0.5) is 0 Å². The van der Waals surface area contributed by atoms with Crippen molar-refractivity contribution in [3.8, 4) is 11.8 Å². The maximum atomic E-state index is 9.44. The molecule has 0 fully saturated rings. The van der Waals surface area contributed by atoms with E-state index < -0.39 is 0 Å². The second-order valence-electron chi connectivity index (χ2n) is 9.21. The standard InChI is InChI=1S/C31H25N3/c1-21-11-16-28-27-9-2-3-10-29(27)34(30(28)18-21)26-8-4-6-24(19-26)22-12-14-23(15-13-22)31-25(20-32)7-5-17-33-31/h2-14,16-17,19,21,23H,15,18H2,1H3. The number of nitriles is 1. The number of para-hydroxylation sites is 1. The van der Waals surface area contributed by atoms with Crippen LogP contribution in [0.15, 0.2) is 91.2 Å². The predicted octanol–water partition coefficient (Wildman–Crippen LogP) is 7.23. The third-order valence-corrected chi connectivity index (χ3v) is 6.97. The summed E-state index contributed by atoms with van der Waals surface area (Å²) in [4.78, 5) is 4.48. The van der Waals surface area contributed by atoms with E-state index >= 15 is 0 Å². The number of hydrogen-bond acceptors (Lipinski definition) is 2. The van der Waals surface area contributed by atoms with Gasteiger partial charge in [-0.3, -0.25) is 4.98 Å². The van der Waals surface area contributed by atoms with Crippen molar-refractivity contribution in [2.75, 3.05) is 0 Å². The molecule has 0 aliphatic heterocycles. The van der Waals surface area contributed by atoms with Gasteiger partial charge in [0.15, 0.2) is 0 Å². The average Bonchev–Trinajstić information content (AvgIpc) is 3.22. The Hall–Kier alpha value is -4.16. The molecule has 2 aromatic heterocycles. The van der Waals surface area contributed by atoms with Gasteiger partial charge in [0, 0.05) is 34.4 Å². The zero-order valence-corrected chi connectivity index (χ0v) is 19.1. The minimum absolute atomic E-state index is 0.136. The lowest BCUT2D eigenvalue weighted by Crippen LogP contribution is -2.08. The second-order valence-corrected chi connectivity index (χ2v) is 9.21. The maximum absolute atomic E-state index is 9.44. The molecule has 0 N–H and O–H groups in total. The van der Waals surface area contributed by atoms with Crippen LogP contribution in [-0.2, 0) is 6.42 Å². The van der Waals surface area contributed by atoms with Crippen molar-refractivity contribution >= 4 is 22.6 Å². The molecule has 34 heavy (non-hydrogen) atoms. The van der Waals surface area contributed by atoms with E-state index in [0.29, 0.717) is 11.5 Å². The summed E-state index contributed by atoms with van der Waals surface area (Å²) in [6, 6.07) is 23.5. The van der Waals surface area contributed by atoms with E-state index in [1.54, 1.807) is 6.20 Å². The fourth-order valence-electron chi connectivity index (χ4n) is 5.30. The van der Waals surface area contributed by atoms with E-state index in [2.05, 4.69) is 101 Å². The largest absolute Gasteiger partial charge is 0.313 e. The van der Waals surface area contributed by atoms with Gasteiger partial charge in [0.2, 0.25) is 0 Å². The monoisotopic (exact) mass is 439 g/mol. The van der Waals surface area contributed by atoms with Gasteiger partial charge >= 0.3 is 0 Å². The summed E-state index contributed by atoms with van der Waals surface area (Å²) >= 11 is 0. The first-order valence-corrected chi connectivity index (χ1v) is 11.9. The Morgan fingerprint density at radius 2 is 1.91 bits per heavy atom. The van der Waals surface area contributed by atoms with Crippen molar-refractivity contribution in [1.29, 1.82) is 5.26 Å². The molecule has 0 bridgehead atoms. The molecule has 0 saturated carbocycles. The fourth-order valence-corrected chi connectivity index (χ4v) is 5.30. The van der Waals surface area contributed by atoms with Gasteiger partial charge in [-0.15, -0.1) is 0 Å². The molecule has 2 unspecified atom stereocenters. The minimum atomic E-state index is 0.136. The Bertz CT molecular complexity index is 1540. The molecule has 0 saturated heterocycles. The van der Waals surface area contributed by atoms with Crippen LogP contribution in [-0.4, -0.2) is 9.55 Å². The number of nitrogens with zero attached hydrogens (tertiary/aromatic N) is 3. The molecule has 2 aliphatic rings. The Labute approximate surface area is 200 Å². The molecule has 164 valence electrons. The number of pyridine rings is 1. The van der Waals surface area contributed by atoms with Crippen LogP contribution in [0, 0.1) is 17.2 Å². The van der Waals surface area contributed by atoms with Gasteiger partial charge in [0.05, 0.1) is 16.8 Å². The molecule has 4 aromatic rings. The van der Waals surface area contributed by atoms with Crippen LogP contribution in [0.3, 0.4) is 0 Å². The SMILES string of the molecule is CC1C=Cc2c(n(-c3cccc(C4=CCC(c5ncccc5C#N)C=C4)c3)c3ccccc23)C1. The van der Waals surface area contributed by atoms with Crippen molar-refractivity contribution < 1.29 is 0 Å². The normalized spacial score (nSPS) is 19.0. The van der Waals surface area contributed by atoms with Crippen LogP contribution >= 0.6 is 0 Å². The Morgan fingerprint density at radius 3 is 2.76 bits per heavy atom. The number of aromatic nitrogens is 2. The van der Waals surface area contributed by atoms with Crippen molar-refractivity contribution in [3.63, 3.8) is 0 Å². The van der Waals surface area contributed by atoms with Crippen LogP contribution in [0.25, 0.3) is 28.2 Å². The summed E-state index contributed by atoms with van der Waals surface area (Å²) in [5.74, 6) is 0.668. The van der Waals surface area contributed by atoms with E-state index in [1.165, 1.54) is 39.0 Å². The lowest BCUT2D eigenvalue weighted by atomic mass is 9.89. The Balaban J connectivity index is 1.38. The molecule has 3 nitrogen and oxygen atoms in total. The highest BCUT2D eigenvalue weighted by molar-refractivity contribution is 5.93. The molecule has 3 heteroatoms. The summed E-state index contributed by atoms with van der Waals surface area (Å²) in [6.07, 6.45) is 14.9. The molecule has 2 heterocycles. The van der Waals surface area contributed by atoms with E-state index in [9.17, 15) is 5.26 Å². The first-order chi connectivity index (χ1) is 16.7. The number of benzene rings is 2. The molecular weight excluding hydrogens is 414 g/mol. The molecular formula is C31H25N3. The Kier molecular flexibility index (Phi) is 5.00. The third-order valence-electron chi connectivity index (χ3n) is 6.97. The molecule has 0 radical (unpaired) electrons. The summed E-state index contributed by atoms with van der Waals surface area (Å²) < 4.78 is 2.44. The van der Waals surface area contributed by atoms with E-state index in [1.807, 2.05) is 12.1 Å². The lowest BCUT2D eigenvalue weighted by molar-refractivity contribution is 0.690. The summed E-state index contributed by atoms with van der Waals surface area (Å²) in [5.41, 5.74) is 9.14. The van der Waals surface area contributed by atoms with Gasteiger partial charge in [0.1, 0.15) is 6.07 Å². The Morgan fingerprint density at radius 1 is 1.00 bits per heavy atom. The number of allylic oxidation sites excluding steroid dienone is 5. The van der Waals surface area contributed by atoms with Crippen molar-refractivity contribution in [2.24, 2.45) is 5.92 Å². The highest BCUT2D eigenvalue weighted by Crippen LogP contribution is 2.36. The van der Waals surface area contributed by atoms with Crippen LogP contribution < -0.4 is 0 Å². The molecule has 2 atom stereocenters. The van der Waals surface area contributed by atoms with Gasteiger partial charge in [-0.25, -0.2) is 0 Å². The van der Waals surface area contributed by atoms with Crippen LogP contribution in [0.1, 0.15) is 47.3 Å². The van der Waals surface area contributed by atoms with E-state index in [0.717, 1.165) is 18.5 Å². The molecule has 0 amide bonds. The molecule has 2 aliphatic carbocycles. The third kappa shape index (κ3) is 3.40. The zero-order chi connectivity index (χ0) is 23.1. The van der Waals surface area contributed by atoms with Gasteiger partial charge in [-0.05, 0) is 60.2 Å². The van der Waals surface area contributed by atoms with Crippen molar-refractivity contribution in [1.82, 2.24) is 9.55 Å². The molecule has 2 aromatic carbocycles. The van der Waals surface area contributed by atoms with Crippen LogP contribution in [0.5, 0.6) is 0 Å². The minimum Gasteiger partial charge on any atom is -0.313 e. The van der Waals surface area contributed by atoms with Gasteiger partial charge in [-0.1, -0.05) is 67.6 Å². The maximum Gasteiger partial charge on any atom is 0.101 e. The van der Waals surface area contributed by atoms with Gasteiger partial charge in [0.25, 0.3) is 0 Å². The topological polar surface area (TPSA) is 41.6 Å². The summed E-state index contributed by atoms with van der Waals surface area (Å²) in [7, 11) is 0. The number of hydrogen-bond donors (Lipinski definition) is 0. The number of fused-ring (bicyclic) bond motifs is 3. The van der Waals surface area contributed by atoms with Crippen molar-refractivity contribution in [3.05, 3.63) is 119 Å². The molecule has 0 spiro atoms. The smallest absolute Gasteiger partial charge is 0.101 e. The quantitative estimate of drug-likeness (QED) is 0.338. The lowest BCUT2D eigenvalue weighted by Gasteiger charge is -2.19. The summed E-state index contributed by atoms with van der Waals surface area (Å²) in [6.45, 7) is 2.28. The van der Waals surface area contributed by atoms with E-state index in [4.69, 9.17) is 0 Å². The fraction of sp³-hybridized carbons (Fsp3) is 0.161. The van der Waals surface area contributed by atoms with Gasteiger partial charge in [-0.2, -0.15) is 5.26 Å². The first-order valence-electron chi connectivity index (χ1n) is 11.9. The second kappa shape index (κ2) is 8.32. The van der Waals surface area contributed by atoms with Crippen LogP contribution in [0.2, 0.25) is 0 Å². The highest BCUT2D eigenvalue weighted by Gasteiger charge is 2.21. The van der Waals surface area contributed by atoms with E-state index in [-0.39, 0.29) is 5.92 Å². The molecule has 6 rings (SSSR count). The predicted molar refractivity (Wildman–Crippen MR) is 139 cm³/mol. The van der Waals surface area contributed by atoms with Gasteiger partial charge < -0.3 is 4.57 Å². The first kappa shape index (κ1) is 20.4.